The van der Waals surface area contributed by atoms with Crippen molar-refractivity contribution in [3.05, 3.63) is 29.8 Å². The molecule has 1 aliphatic heterocycles. The van der Waals surface area contributed by atoms with Crippen LogP contribution in [0.1, 0.15) is 12.0 Å². The SMILES string of the molecule is ClCc1ccc(N2CCC2)cc1. The Kier molecular flexibility index (Phi) is 2.22. The molecule has 2 heteroatoms. The Morgan fingerprint density at radius 2 is 1.83 bits per heavy atom. The third kappa shape index (κ3) is 1.42. The van der Waals surface area contributed by atoms with Gasteiger partial charge in [0.15, 0.2) is 0 Å². The first-order valence-corrected chi connectivity index (χ1v) is 4.83. The van der Waals surface area contributed by atoms with E-state index in [0.29, 0.717) is 5.88 Å². The molecule has 1 aliphatic rings. The Morgan fingerprint density at radius 3 is 2.25 bits per heavy atom. The standard InChI is InChI=1S/C10H12ClN/c11-8-9-2-4-10(5-3-9)12-6-1-7-12/h2-5H,1,6-8H2. The quantitative estimate of drug-likeness (QED) is 0.635. The molecular formula is C10H12ClN. The lowest BCUT2D eigenvalue weighted by molar-refractivity contribution is 0.618. The average molecular weight is 182 g/mol. The highest BCUT2D eigenvalue weighted by atomic mass is 35.5. The van der Waals surface area contributed by atoms with Gasteiger partial charge in [-0.15, -0.1) is 11.6 Å². The summed E-state index contributed by atoms with van der Waals surface area (Å²) in [4.78, 5) is 2.37. The molecular weight excluding hydrogens is 170 g/mol. The first kappa shape index (κ1) is 7.93. The average Bonchev–Trinajstić information content (AvgIpc) is 2.03. The van der Waals surface area contributed by atoms with Crippen LogP contribution in [0.15, 0.2) is 24.3 Å². The van der Waals surface area contributed by atoms with Crippen LogP contribution in [0.5, 0.6) is 0 Å². The van der Waals surface area contributed by atoms with E-state index in [1.807, 2.05) is 0 Å². The zero-order valence-electron chi connectivity index (χ0n) is 6.96. The van der Waals surface area contributed by atoms with E-state index in [4.69, 9.17) is 11.6 Å². The number of nitrogens with zero attached hydrogens (tertiary/aromatic N) is 1. The first-order chi connectivity index (χ1) is 5.90. The molecule has 0 unspecified atom stereocenters. The molecule has 1 aromatic rings. The van der Waals surface area contributed by atoms with Crippen LogP contribution in [0, 0.1) is 0 Å². The molecule has 0 atom stereocenters. The van der Waals surface area contributed by atoms with Crippen molar-refractivity contribution in [1.82, 2.24) is 0 Å². The van der Waals surface area contributed by atoms with Crippen LogP contribution in [0.3, 0.4) is 0 Å². The Bertz CT molecular complexity index is 251. The van der Waals surface area contributed by atoms with Crippen LogP contribution in [-0.4, -0.2) is 13.1 Å². The van der Waals surface area contributed by atoms with E-state index in [-0.39, 0.29) is 0 Å². The van der Waals surface area contributed by atoms with E-state index >= 15 is 0 Å². The molecule has 2 rings (SSSR count). The number of anilines is 1. The van der Waals surface area contributed by atoms with Crippen LogP contribution in [0.25, 0.3) is 0 Å². The minimum atomic E-state index is 0.611. The summed E-state index contributed by atoms with van der Waals surface area (Å²) >= 11 is 5.69. The van der Waals surface area contributed by atoms with Crippen molar-refractivity contribution in [2.24, 2.45) is 0 Å². The van der Waals surface area contributed by atoms with Gasteiger partial charge in [0.25, 0.3) is 0 Å². The molecule has 0 amide bonds. The maximum absolute atomic E-state index is 5.69. The summed E-state index contributed by atoms with van der Waals surface area (Å²) in [7, 11) is 0. The number of halogens is 1. The van der Waals surface area contributed by atoms with Gasteiger partial charge in [0.05, 0.1) is 0 Å². The fourth-order valence-corrected chi connectivity index (χ4v) is 1.55. The zero-order valence-corrected chi connectivity index (χ0v) is 7.72. The van der Waals surface area contributed by atoms with Crippen molar-refractivity contribution in [3.8, 4) is 0 Å². The van der Waals surface area contributed by atoms with Gasteiger partial charge >= 0.3 is 0 Å². The Balaban J connectivity index is 2.13. The van der Waals surface area contributed by atoms with Gasteiger partial charge in [0.1, 0.15) is 0 Å². The smallest absolute Gasteiger partial charge is 0.0474 e. The highest BCUT2D eigenvalue weighted by Crippen LogP contribution is 2.20. The number of alkyl halides is 1. The van der Waals surface area contributed by atoms with Gasteiger partial charge in [-0.3, -0.25) is 0 Å². The fourth-order valence-electron chi connectivity index (χ4n) is 1.37. The van der Waals surface area contributed by atoms with Crippen LogP contribution >= 0.6 is 11.6 Å². The van der Waals surface area contributed by atoms with Gasteiger partial charge in [-0.1, -0.05) is 12.1 Å². The lowest BCUT2D eigenvalue weighted by Crippen LogP contribution is -2.36. The minimum Gasteiger partial charge on any atom is -0.371 e. The molecule has 1 nitrogen and oxygen atoms in total. The molecule has 12 heavy (non-hydrogen) atoms. The molecule has 1 fully saturated rings. The normalized spacial score (nSPS) is 15.9. The van der Waals surface area contributed by atoms with Crippen LogP contribution in [0.2, 0.25) is 0 Å². The van der Waals surface area contributed by atoms with E-state index < -0.39 is 0 Å². The maximum atomic E-state index is 5.69. The summed E-state index contributed by atoms with van der Waals surface area (Å²) in [6.07, 6.45) is 1.33. The van der Waals surface area contributed by atoms with Crippen LogP contribution in [0.4, 0.5) is 5.69 Å². The predicted octanol–water partition coefficient (Wildman–Crippen LogP) is 2.64. The third-order valence-electron chi connectivity index (χ3n) is 2.31. The van der Waals surface area contributed by atoms with Crippen molar-refractivity contribution >= 4 is 17.3 Å². The van der Waals surface area contributed by atoms with E-state index in [2.05, 4.69) is 29.2 Å². The predicted molar refractivity (Wildman–Crippen MR) is 52.8 cm³/mol. The van der Waals surface area contributed by atoms with Crippen LogP contribution < -0.4 is 4.90 Å². The molecule has 0 saturated carbocycles. The van der Waals surface area contributed by atoms with Gasteiger partial charge in [0, 0.05) is 24.7 Å². The van der Waals surface area contributed by atoms with Gasteiger partial charge in [-0.05, 0) is 24.1 Å². The van der Waals surface area contributed by atoms with Crippen molar-refractivity contribution in [2.75, 3.05) is 18.0 Å². The van der Waals surface area contributed by atoms with Gasteiger partial charge < -0.3 is 4.90 Å². The van der Waals surface area contributed by atoms with Crippen molar-refractivity contribution < 1.29 is 0 Å². The summed E-state index contributed by atoms with van der Waals surface area (Å²) in [6.45, 7) is 2.42. The molecule has 1 aromatic carbocycles. The molecule has 0 aliphatic carbocycles. The molecule has 0 radical (unpaired) electrons. The third-order valence-corrected chi connectivity index (χ3v) is 2.62. The lowest BCUT2D eigenvalue weighted by atomic mass is 10.1. The Labute approximate surface area is 77.9 Å². The first-order valence-electron chi connectivity index (χ1n) is 4.30. The Hall–Kier alpha value is -0.690. The van der Waals surface area contributed by atoms with E-state index in [0.717, 1.165) is 0 Å². The number of hydrogen-bond acceptors (Lipinski definition) is 1. The van der Waals surface area contributed by atoms with Crippen LogP contribution in [-0.2, 0) is 5.88 Å². The van der Waals surface area contributed by atoms with Crippen molar-refractivity contribution in [3.63, 3.8) is 0 Å². The lowest BCUT2D eigenvalue weighted by Gasteiger charge is -2.33. The minimum absolute atomic E-state index is 0.611. The molecule has 1 heterocycles. The molecule has 0 bridgehead atoms. The summed E-state index contributed by atoms with van der Waals surface area (Å²) in [5.74, 6) is 0.611. The molecule has 1 saturated heterocycles. The van der Waals surface area contributed by atoms with E-state index in [1.165, 1.54) is 30.8 Å². The van der Waals surface area contributed by atoms with Crippen molar-refractivity contribution in [1.29, 1.82) is 0 Å². The number of hydrogen-bond donors (Lipinski definition) is 0. The second kappa shape index (κ2) is 3.36. The molecule has 0 aromatic heterocycles. The maximum Gasteiger partial charge on any atom is 0.0474 e. The summed E-state index contributed by atoms with van der Waals surface area (Å²) in [5, 5.41) is 0. The zero-order chi connectivity index (χ0) is 8.39. The van der Waals surface area contributed by atoms with Gasteiger partial charge in [-0.2, -0.15) is 0 Å². The second-order valence-corrected chi connectivity index (χ2v) is 3.41. The molecule has 0 N–H and O–H groups in total. The molecule has 64 valence electrons. The fraction of sp³-hybridized carbons (Fsp3) is 0.400. The summed E-state index contributed by atoms with van der Waals surface area (Å²) in [6, 6.07) is 8.50. The number of rotatable bonds is 2. The largest absolute Gasteiger partial charge is 0.371 e. The van der Waals surface area contributed by atoms with Crippen molar-refractivity contribution in [2.45, 2.75) is 12.3 Å². The Morgan fingerprint density at radius 1 is 1.17 bits per heavy atom. The monoisotopic (exact) mass is 181 g/mol. The van der Waals surface area contributed by atoms with Gasteiger partial charge in [0.2, 0.25) is 0 Å². The van der Waals surface area contributed by atoms with Gasteiger partial charge in [-0.25, -0.2) is 0 Å². The topological polar surface area (TPSA) is 3.24 Å². The van der Waals surface area contributed by atoms with E-state index in [9.17, 15) is 0 Å². The molecule has 0 spiro atoms. The summed E-state index contributed by atoms with van der Waals surface area (Å²) < 4.78 is 0. The summed E-state index contributed by atoms with van der Waals surface area (Å²) in [5.41, 5.74) is 2.52. The highest BCUT2D eigenvalue weighted by molar-refractivity contribution is 6.17. The highest BCUT2D eigenvalue weighted by Gasteiger charge is 2.13. The second-order valence-electron chi connectivity index (χ2n) is 3.14. The van der Waals surface area contributed by atoms with E-state index in [1.54, 1.807) is 0 Å². The number of benzene rings is 1.